The Kier molecular flexibility index (Phi) is 81.5. The molecule has 6 N–H and O–H groups in total. The van der Waals surface area contributed by atoms with E-state index in [4.69, 9.17) is 42.4 Å². The maximum atomic E-state index is 15.4. The summed E-state index contributed by atoms with van der Waals surface area (Å²) >= 11 is 20.0. The van der Waals surface area contributed by atoms with Crippen LogP contribution in [-0.2, 0) is 593 Å². The minimum Gasteiger partial charge on any atom is -0.496 e. The van der Waals surface area contributed by atoms with Crippen molar-refractivity contribution in [3.63, 3.8) is 0 Å². The van der Waals surface area contributed by atoms with Crippen molar-refractivity contribution in [2.45, 2.75) is 49.0 Å². The van der Waals surface area contributed by atoms with Crippen LogP contribution in [0.4, 0.5) is 19.0 Å². The minimum absolute atomic E-state index is 0. The number of halogens is 7. The van der Waals surface area contributed by atoms with Crippen LogP contribution in [0.2, 0.25) is 5.15 Å². The quantitative estimate of drug-likeness (QED) is 0.0669. The van der Waals surface area contributed by atoms with E-state index in [0.717, 1.165) is 0 Å². The van der Waals surface area contributed by atoms with Gasteiger partial charge < -0.3 is 58.3 Å². The number of carbonyl (C=O) groups excluding carboxylic acids is 1. The van der Waals surface area contributed by atoms with E-state index in [0.29, 0.717) is 134 Å². The molecule has 1 aliphatic heterocycles. The number of aromatic amines is 4. The number of rotatable bonds is 6. The smallest absolute Gasteiger partial charge is 0.339 e. The first-order valence-corrected chi connectivity index (χ1v) is 27.5. The van der Waals surface area contributed by atoms with Crippen LogP contribution in [0.5, 0.6) is 17.2 Å². The van der Waals surface area contributed by atoms with Gasteiger partial charge in [0.2, 0.25) is 0 Å². The molecule has 1 aliphatic rings. The number of methoxy groups -OCH3 is 3. The van der Waals surface area contributed by atoms with E-state index in [2.05, 4.69) is 84.7 Å². The van der Waals surface area contributed by atoms with E-state index < -0.39 is 22.7 Å². The minimum atomic E-state index is -3.22. The van der Waals surface area contributed by atoms with E-state index >= 15 is 13.2 Å². The van der Waals surface area contributed by atoms with Crippen molar-refractivity contribution >= 4 is 117 Å². The van der Waals surface area contributed by atoms with Crippen molar-refractivity contribution < 1.29 is 642 Å². The molecule has 18 radical (unpaired) electrons. The van der Waals surface area contributed by atoms with Gasteiger partial charge in [-0.1, -0.05) is 34.5 Å². The third-order valence-electron chi connectivity index (χ3n) is 12.6. The Morgan fingerprint density at radius 2 is 0.844 bits per heavy atom. The van der Waals surface area contributed by atoms with Gasteiger partial charge in [-0.15, -0.1) is 0 Å². The molecule has 96 heavy (non-hydrogen) atoms. The molecule has 12 rings (SSSR count). The zero-order chi connectivity index (χ0) is 57.5. The topological polar surface area (TPSA) is 257 Å². The molecular weight excluding hydrogens is 2730 g/mol. The average Bonchev–Trinajstić information content (AvgIpc) is 1.56. The van der Waals surface area contributed by atoms with Crippen LogP contribution in [0.25, 0.3) is 87.9 Å². The van der Waals surface area contributed by atoms with Gasteiger partial charge in [0.25, 0.3) is 11.5 Å². The molecule has 11 aromatic rings. The van der Waals surface area contributed by atoms with Crippen LogP contribution >= 0.6 is 50.5 Å². The second kappa shape index (κ2) is 60.7. The number of carbonyl (C=O) groups is 1. The molecule has 0 bridgehead atoms. The molecule has 45 heteroatoms. The van der Waals surface area contributed by atoms with Crippen LogP contribution in [0, 0.1) is 59.0 Å². The second-order valence-electron chi connectivity index (χ2n) is 17.2. The Morgan fingerprint density at radius 1 is 0.510 bits per heavy atom. The van der Waals surface area contributed by atoms with E-state index in [9.17, 15) is 14.2 Å². The van der Waals surface area contributed by atoms with Gasteiger partial charge >= 0.3 is 5.20 Å². The number of nitrogens with one attached hydrogen (secondary N) is 6. The molecule has 464 valence electrons. The zero-order valence-electron chi connectivity index (χ0n) is 54.2. The molecule has 3 aromatic carbocycles. The fourth-order valence-corrected chi connectivity index (χ4v) is 9.71. The number of aryl methyl sites for hydroxylation is 6. The molecule has 0 unspecified atom stereocenters. The van der Waals surface area contributed by atoms with Crippen molar-refractivity contribution in [1.29, 1.82) is 0 Å². The molecule has 0 spiro atoms. The van der Waals surface area contributed by atoms with E-state index in [1.54, 1.807) is 78.1 Å². The molecule has 0 saturated carbocycles. The van der Waals surface area contributed by atoms with E-state index in [1.807, 2.05) is 0 Å². The summed E-state index contributed by atoms with van der Waals surface area (Å²) in [7, 11) is 4.41. The van der Waals surface area contributed by atoms with Gasteiger partial charge in [0.05, 0.1) is 117 Å². The summed E-state index contributed by atoms with van der Waals surface area (Å²) in [6, 6.07) is 8.52. The van der Waals surface area contributed by atoms with Gasteiger partial charge in [0, 0.05) is 626 Å². The summed E-state index contributed by atoms with van der Waals surface area (Å²) in [4.78, 5) is 39.9. The van der Waals surface area contributed by atoms with Gasteiger partial charge in [0.15, 0.2) is 17.5 Å². The summed E-state index contributed by atoms with van der Waals surface area (Å²) in [6.45, 7) is 10.7. The van der Waals surface area contributed by atoms with Crippen molar-refractivity contribution in [3.05, 3.63) is 116 Å². The first-order valence-electron chi connectivity index (χ1n) is 23.7. The third-order valence-corrected chi connectivity index (χ3v) is 12.9. The van der Waals surface area contributed by atoms with E-state index in [1.165, 1.54) is 27.5 Å². The summed E-state index contributed by atoms with van der Waals surface area (Å²) in [5.41, 5.74) is 6.46. The van der Waals surface area contributed by atoms with Gasteiger partial charge in [0.1, 0.15) is 45.5 Å². The summed E-state index contributed by atoms with van der Waals surface area (Å²) in [6.07, 6.45) is 3.09. The monoisotopic (exact) mass is 2770 g/mol. The molecule has 0 aliphatic carbocycles. The largest absolute Gasteiger partial charge is 0.496 e. The van der Waals surface area contributed by atoms with Crippen LogP contribution in [0.15, 0.2) is 61.1 Å². The number of anilines is 1. The first-order chi connectivity index (χ1) is 37.6. The molecule has 1 amide bonds. The normalized spacial score (nSPS) is 9.85. The molecule has 0 atom stereocenters. The number of amides is 1. The first kappa shape index (κ1) is 129. The fourth-order valence-electron chi connectivity index (χ4n) is 9.45. The number of fused-ring (bicyclic) bond motifs is 9. The van der Waals surface area contributed by atoms with Crippen molar-refractivity contribution in [3.8, 4) is 50.6 Å². The molecule has 0 fully saturated rings. The summed E-state index contributed by atoms with van der Waals surface area (Å²) < 4.78 is 97.2. The summed E-state index contributed by atoms with van der Waals surface area (Å²) in [5, 5.41) is 17.0. The van der Waals surface area contributed by atoms with Crippen molar-refractivity contribution in [2.24, 2.45) is 0 Å². The number of hydrogen-bond donors (Lipinski definition) is 6. The zero-order valence-corrected chi connectivity index (χ0v) is 107. The number of benzene rings is 3. The number of pyridine rings is 2. The van der Waals surface area contributed by atoms with Gasteiger partial charge in [-0.25, -0.2) is 18.2 Å². The molecule has 8 aromatic heterocycles. The van der Waals surface area contributed by atoms with Gasteiger partial charge in [-0.05, 0) is 106 Å². The van der Waals surface area contributed by atoms with Crippen LogP contribution in [0.3, 0.4) is 0 Å². The number of H-pyrrole nitrogens is 4. The predicted octanol–water partition coefficient (Wildman–Crippen LogP) is 14.6. The second-order valence-corrected chi connectivity index (χ2v) is 24.2. The predicted molar refractivity (Wildman–Crippen MR) is 298 cm³/mol. The standard InChI is InChI=1S/C17H13ClFN3O2.C17H14FN3O3.C16H15FN4O3.CH4.Cl3OP.18Y.H2/c1-7-12(8(2)24-22-7)14-11(23-3)6-9-13-10(4-5-20-17(13)18)21-16(9)15(14)19;1-7-12(8(2)24-21-7)14-11(23-3)6-9-13-10(4-5-19-17(13)22)20-16(9)15(14)18;1-6-10(7(2)24-21-6)12-9(23-3)4-8-11-15(18-5-19-16(11)22)20-14(8)13(12)17;;1-5(2,3)4;;;;;;;;;;;;;;;;;;;/h4-6,21H,1-3H3;4-6,20H,1-3H3,(H,19,22);4,18,20H,5H2,1-3H3,(H,19,22);1H4;;;;;;;;;;;;;;;;;;;;1H/i;;;;;;;;;;;;;;;;;;;;;;;1+1D. The number of hydrogen-bond acceptors (Lipinski definition) is 14. The Balaban J connectivity index is -0.0000000987. The molecule has 9 heterocycles. The third kappa shape index (κ3) is 30.9. The Bertz CT molecular complexity index is 4290. The van der Waals surface area contributed by atoms with Crippen LogP contribution < -0.4 is 30.4 Å². The molecular formula is C51H48Cl4F3N10O9PY18. The Morgan fingerprint density at radius 3 is 1.19 bits per heavy atom. The molecule has 19 nitrogen and oxygen atoms in total. The van der Waals surface area contributed by atoms with Crippen molar-refractivity contribution in [1.82, 2.24) is 45.7 Å². The number of ether oxygens (including phenoxy) is 3. The average molecular weight is 2780 g/mol. The van der Waals surface area contributed by atoms with Gasteiger partial charge in [-0.2, -0.15) is 0 Å². The number of aromatic nitrogens is 8. The summed E-state index contributed by atoms with van der Waals surface area (Å²) in [5.74, 6) is 1.31. The number of nitrogens with zero attached hydrogens (tertiary/aromatic N) is 4. The fraction of sp³-hybridized carbons (Fsp3) is 0.216. The van der Waals surface area contributed by atoms with Gasteiger partial charge in [-0.3, -0.25) is 14.2 Å². The van der Waals surface area contributed by atoms with Crippen molar-refractivity contribution in [2.75, 3.05) is 33.3 Å². The Hall–Kier alpha value is 12.3. The molecule has 0 saturated heterocycles. The maximum Gasteiger partial charge on any atom is 0.339 e. The van der Waals surface area contributed by atoms with Crippen LogP contribution in [0.1, 0.15) is 55.1 Å². The van der Waals surface area contributed by atoms with Crippen LogP contribution in [-0.4, -0.2) is 74.3 Å². The Labute approximate surface area is 1030 Å². The van der Waals surface area contributed by atoms with E-state index in [-0.39, 0.29) is 636 Å². The SMILES string of the molecule is C.COc1cc2c([nH]c3cc[nH]c(=O)c32)c(F)c1-c1c(C)noc1C.COc1cc2c([nH]c3ccnc(Cl)c32)c(F)c1-c1c(C)noc1C.COc1cc2c3c([nH]c2c(F)c1-c1c(C)noc1C)NCNC3=O.O=P(Cl)(Cl)Cl.[2H][2H].[Y].[Y].[Y].[Y].[Y].[Y].[Y].[Y].[Y].[Y].[Y].[Y].[Y].[Y].[Y].[Y].[Y].[Y]. The maximum absolute atomic E-state index is 15.4.